The number of hydrogen-bond donors (Lipinski definition) is 3. The van der Waals surface area contributed by atoms with Crippen LogP contribution in [0.15, 0.2) is 18.2 Å². The second-order valence-electron chi connectivity index (χ2n) is 4.93. The Hall–Kier alpha value is -1.79. The van der Waals surface area contributed by atoms with E-state index in [4.69, 9.17) is 21.4 Å². The maximum atomic E-state index is 11.8. The van der Waals surface area contributed by atoms with Gasteiger partial charge in [0.05, 0.1) is 18.7 Å². The summed E-state index contributed by atoms with van der Waals surface area (Å²) in [7, 11) is 1.51. The standard InChI is InChI=1S/C14H17ClN2O4/c1-21-11-5-4-9(6-10(11)15)17-12(18)7-16-13(14(19)20)8-2-3-8/h4-6,8,13,16H,2-3,7H2,1H3,(H,17,18)(H,19,20). The molecule has 1 unspecified atom stereocenters. The first kappa shape index (κ1) is 15.6. The van der Waals surface area contributed by atoms with Crippen molar-refractivity contribution in [2.75, 3.05) is 19.0 Å². The molecule has 21 heavy (non-hydrogen) atoms. The predicted molar refractivity (Wildman–Crippen MR) is 78.8 cm³/mol. The number of carboxylic acid groups (broad SMARTS) is 1. The van der Waals surface area contributed by atoms with Crippen LogP contribution in [0.4, 0.5) is 5.69 Å². The van der Waals surface area contributed by atoms with Gasteiger partial charge in [-0.3, -0.25) is 14.9 Å². The number of rotatable bonds is 7. The largest absolute Gasteiger partial charge is 0.495 e. The van der Waals surface area contributed by atoms with Crippen LogP contribution in [0.2, 0.25) is 5.02 Å². The summed E-state index contributed by atoms with van der Waals surface area (Å²) < 4.78 is 5.02. The smallest absolute Gasteiger partial charge is 0.320 e. The SMILES string of the molecule is COc1ccc(NC(=O)CNC(C(=O)O)C2CC2)cc1Cl. The molecule has 6 nitrogen and oxygen atoms in total. The molecule has 0 bridgehead atoms. The second-order valence-corrected chi connectivity index (χ2v) is 5.34. The number of halogens is 1. The number of carbonyl (C=O) groups is 2. The highest BCUT2D eigenvalue weighted by atomic mass is 35.5. The van der Waals surface area contributed by atoms with Crippen LogP contribution in [0.5, 0.6) is 5.75 Å². The summed E-state index contributed by atoms with van der Waals surface area (Å²) in [5.41, 5.74) is 0.533. The Kier molecular flexibility index (Phi) is 5.03. The first-order valence-corrected chi connectivity index (χ1v) is 6.98. The van der Waals surface area contributed by atoms with Crippen molar-refractivity contribution in [1.29, 1.82) is 0 Å². The molecule has 1 aromatic carbocycles. The molecule has 1 saturated carbocycles. The van der Waals surface area contributed by atoms with Crippen LogP contribution in [-0.2, 0) is 9.59 Å². The summed E-state index contributed by atoms with van der Waals surface area (Å²) in [5, 5.41) is 14.9. The highest BCUT2D eigenvalue weighted by Gasteiger charge is 2.36. The highest BCUT2D eigenvalue weighted by Crippen LogP contribution is 2.32. The molecule has 1 aliphatic carbocycles. The topological polar surface area (TPSA) is 87.7 Å². The van der Waals surface area contributed by atoms with Crippen LogP contribution in [-0.4, -0.2) is 36.7 Å². The first-order chi connectivity index (χ1) is 10.0. The highest BCUT2D eigenvalue weighted by molar-refractivity contribution is 6.32. The summed E-state index contributed by atoms with van der Waals surface area (Å²) in [6.07, 6.45) is 1.78. The zero-order valence-corrected chi connectivity index (χ0v) is 12.3. The Labute approximate surface area is 127 Å². The first-order valence-electron chi connectivity index (χ1n) is 6.61. The van der Waals surface area contributed by atoms with E-state index in [2.05, 4.69) is 10.6 Å². The third kappa shape index (κ3) is 4.34. The van der Waals surface area contributed by atoms with Gasteiger partial charge in [0, 0.05) is 5.69 Å². The molecule has 0 heterocycles. The van der Waals surface area contributed by atoms with E-state index >= 15 is 0 Å². The maximum absolute atomic E-state index is 11.8. The summed E-state index contributed by atoms with van der Waals surface area (Å²) in [4.78, 5) is 22.8. The van der Waals surface area contributed by atoms with Crippen LogP contribution >= 0.6 is 11.6 Å². The lowest BCUT2D eigenvalue weighted by molar-refractivity contribution is -0.140. The maximum Gasteiger partial charge on any atom is 0.320 e. The van der Waals surface area contributed by atoms with Gasteiger partial charge in [0.1, 0.15) is 11.8 Å². The van der Waals surface area contributed by atoms with Crippen molar-refractivity contribution in [3.05, 3.63) is 23.2 Å². The van der Waals surface area contributed by atoms with Gasteiger partial charge in [-0.15, -0.1) is 0 Å². The minimum Gasteiger partial charge on any atom is -0.495 e. The summed E-state index contributed by atoms with van der Waals surface area (Å²) >= 11 is 5.96. The normalized spacial score (nSPS) is 15.3. The van der Waals surface area contributed by atoms with Gasteiger partial charge in [0.2, 0.25) is 5.91 Å². The van der Waals surface area contributed by atoms with Crippen LogP contribution in [0.25, 0.3) is 0 Å². The summed E-state index contributed by atoms with van der Waals surface area (Å²) in [5.74, 6) is -0.584. The fraction of sp³-hybridized carbons (Fsp3) is 0.429. The van der Waals surface area contributed by atoms with Crippen LogP contribution < -0.4 is 15.4 Å². The zero-order valence-electron chi connectivity index (χ0n) is 11.6. The van der Waals surface area contributed by atoms with Crippen molar-refractivity contribution >= 4 is 29.2 Å². The molecule has 1 fully saturated rings. The molecule has 0 radical (unpaired) electrons. The van der Waals surface area contributed by atoms with E-state index in [9.17, 15) is 9.59 Å². The number of nitrogens with one attached hydrogen (secondary N) is 2. The number of carbonyl (C=O) groups excluding carboxylic acids is 1. The van der Waals surface area contributed by atoms with Gasteiger partial charge in [-0.2, -0.15) is 0 Å². The van der Waals surface area contributed by atoms with E-state index in [0.29, 0.717) is 16.5 Å². The number of amides is 1. The van der Waals surface area contributed by atoms with Crippen molar-refractivity contribution in [3.8, 4) is 5.75 Å². The Balaban J connectivity index is 1.86. The molecule has 114 valence electrons. The van der Waals surface area contributed by atoms with E-state index in [1.165, 1.54) is 7.11 Å². The van der Waals surface area contributed by atoms with E-state index in [-0.39, 0.29) is 18.4 Å². The van der Waals surface area contributed by atoms with Gasteiger partial charge >= 0.3 is 5.97 Å². The van der Waals surface area contributed by atoms with Crippen LogP contribution in [0.3, 0.4) is 0 Å². The van der Waals surface area contributed by atoms with Crippen molar-refractivity contribution in [2.45, 2.75) is 18.9 Å². The number of methoxy groups -OCH3 is 1. The average molecular weight is 313 g/mol. The number of hydrogen-bond acceptors (Lipinski definition) is 4. The molecule has 1 aromatic rings. The summed E-state index contributed by atoms with van der Waals surface area (Å²) in [6.45, 7) is -0.0584. The van der Waals surface area contributed by atoms with Gasteiger partial charge in [-0.1, -0.05) is 11.6 Å². The molecule has 0 aromatic heterocycles. The molecule has 0 spiro atoms. The Morgan fingerprint density at radius 1 is 1.48 bits per heavy atom. The molecule has 3 N–H and O–H groups in total. The minimum atomic E-state index is -0.919. The number of aliphatic carboxylic acids is 1. The number of carboxylic acids is 1. The monoisotopic (exact) mass is 312 g/mol. The van der Waals surface area contributed by atoms with E-state index in [1.807, 2.05) is 0 Å². The van der Waals surface area contributed by atoms with E-state index < -0.39 is 12.0 Å². The predicted octanol–water partition coefficient (Wildman–Crippen LogP) is 1.74. The summed E-state index contributed by atoms with van der Waals surface area (Å²) in [6, 6.07) is 4.23. The van der Waals surface area contributed by atoms with Crippen molar-refractivity contribution in [3.63, 3.8) is 0 Å². The number of anilines is 1. The third-order valence-corrected chi connectivity index (χ3v) is 3.57. The Morgan fingerprint density at radius 3 is 2.71 bits per heavy atom. The Morgan fingerprint density at radius 2 is 2.19 bits per heavy atom. The molecule has 1 amide bonds. The van der Waals surface area contributed by atoms with Crippen LogP contribution in [0.1, 0.15) is 12.8 Å². The Bertz CT molecular complexity index is 546. The number of ether oxygens (including phenoxy) is 1. The lowest BCUT2D eigenvalue weighted by Crippen LogP contribution is -2.42. The van der Waals surface area contributed by atoms with Gasteiger partial charge < -0.3 is 15.2 Å². The molecule has 1 aliphatic rings. The van der Waals surface area contributed by atoms with E-state index in [0.717, 1.165) is 12.8 Å². The molecule has 7 heteroatoms. The lowest BCUT2D eigenvalue weighted by Gasteiger charge is -2.13. The van der Waals surface area contributed by atoms with Gasteiger partial charge in [0.25, 0.3) is 0 Å². The zero-order chi connectivity index (χ0) is 15.4. The quantitative estimate of drug-likeness (QED) is 0.714. The molecular formula is C14H17ClN2O4. The molecule has 2 rings (SSSR count). The molecule has 0 saturated heterocycles. The fourth-order valence-corrected chi connectivity index (χ4v) is 2.29. The van der Waals surface area contributed by atoms with Crippen molar-refractivity contribution in [1.82, 2.24) is 5.32 Å². The average Bonchev–Trinajstić information content (AvgIpc) is 3.23. The van der Waals surface area contributed by atoms with Crippen molar-refractivity contribution in [2.24, 2.45) is 5.92 Å². The van der Waals surface area contributed by atoms with Crippen molar-refractivity contribution < 1.29 is 19.4 Å². The van der Waals surface area contributed by atoms with E-state index in [1.54, 1.807) is 18.2 Å². The molecule has 0 aliphatic heterocycles. The lowest BCUT2D eigenvalue weighted by atomic mass is 10.2. The second kappa shape index (κ2) is 6.78. The van der Waals surface area contributed by atoms with Gasteiger partial charge in [-0.25, -0.2) is 0 Å². The van der Waals surface area contributed by atoms with Crippen LogP contribution in [0, 0.1) is 5.92 Å². The number of benzene rings is 1. The third-order valence-electron chi connectivity index (χ3n) is 3.28. The fourth-order valence-electron chi connectivity index (χ4n) is 2.04. The minimum absolute atomic E-state index is 0.0584. The van der Waals surface area contributed by atoms with Gasteiger partial charge in [0.15, 0.2) is 0 Å². The molecule has 1 atom stereocenters. The van der Waals surface area contributed by atoms with Gasteiger partial charge in [-0.05, 0) is 37.0 Å². The molecular weight excluding hydrogens is 296 g/mol.